The third-order valence-corrected chi connectivity index (χ3v) is 5.25. The molecule has 1 N–H and O–H groups in total. The van der Waals surface area contributed by atoms with E-state index in [4.69, 9.17) is 9.26 Å². The Morgan fingerprint density at radius 3 is 2.59 bits per heavy atom. The van der Waals surface area contributed by atoms with Gasteiger partial charge in [-0.3, -0.25) is 14.4 Å². The number of nitrogens with zero attached hydrogens (tertiary/aromatic N) is 2. The number of ether oxygens (including phenoxy) is 1. The summed E-state index contributed by atoms with van der Waals surface area (Å²) in [7, 11) is 0. The summed E-state index contributed by atoms with van der Waals surface area (Å²) in [6.07, 6.45) is 0.948. The fourth-order valence-electron chi connectivity index (χ4n) is 2.99. The van der Waals surface area contributed by atoms with Crippen LogP contribution in [0.25, 0.3) is 0 Å². The Balaban J connectivity index is 1.51. The van der Waals surface area contributed by atoms with Crippen molar-refractivity contribution in [3.05, 3.63) is 47.7 Å². The predicted octanol–water partition coefficient (Wildman–Crippen LogP) is 2.56. The molecule has 154 valence electrons. The number of carbonyl (C=O) groups is 3. The summed E-state index contributed by atoms with van der Waals surface area (Å²) in [5.41, 5.74) is 0.641. The fourth-order valence-corrected chi connectivity index (χ4v) is 3.58. The van der Waals surface area contributed by atoms with Crippen LogP contribution < -0.4 is 5.32 Å². The van der Waals surface area contributed by atoms with Crippen LogP contribution in [0.3, 0.4) is 0 Å². The molecule has 1 aromatic carbocycles. The number of likely N-dealkylation sites (tertiary alicyclic amines) is 1. The Morgan fingerprint density at radius 2 is 1.93 bits per heavy atom. The second-order valence-corrected chi connectivity index (χ2v) is 7.66. The van der Waals surface area contributed by atoms with Crippen molar-refractivity contribution in [1.82, 2.24) is 10.1 Å². The van der Waals surface area contributed by atoms with E-state index in [1.54, 1.807) is 42.2 Å². The Kier molecular flexibility index (Phi) is 7.29. The number of anilines is 1. The maximum absolute atomic E-state index is 12.8. The topological polar surface area (TPSA) is 102 Å². The maximum Gasteiger partial charge on any atom is 0.317 e. The minimum atomic E-state index is -0.964. The number of hydrogen-bond acceptors (Lipinski definition) is 7. The van der Waals surface area contributed by atoms with Gasteiger partial charge in [-0.05, 0) is 19.8 Å². The highest BCUT2D eigenvalue weighted by Gasteiger charge is 2.30. The Bertz CT molecular complexity index is 849. The van der Waals surface area contributed by atoms with E-state index in [0.29, 0.717) is 30.2 Å². The predicted molar refractivity (Wildman–Crippen MR) is 108 cm³/mol. The minimum Gasteiger partial charge on any atom is -0.447 e. The number of hydrogen-bond donors (Lipinski definition) is 1. The lowest BCUT2D eigenvalue weighted by Gasteiger charge is -2.23. The zero-order valence-corrected chi connectivity index (χ0v) is 16.9. The highest BCUT2D eigenvalue weighted by molar-refractivity contribution is 8.00. The van der Waals surface area contributed by atoms with E-state index < -0.39 is 12.1 Å². The summed E-state index contributed by atoms with van der Waals surface area (Å²) < 4.78 is 10.4. The molecule has 0 radical (unpaired) electrons. The van der Waals surface area contributed by atoms with Crippen LogP contribution in [0, 0.1) is 6.92 Å². The molecule has 1 saturated heterocycles. The van der Waals surface area contributed by atoms with E-state index >= 15 is 0 Å². The van der Waals surface area contributed by atoms with Crippen LogP contribution in [-0.2, 0) is 19.1 Å². The first kappa shape index (κ1) is 20.9. The van der Waals surface area contributed by atoms with Gasteiger partial charge < -0.3 is 19.5 Å². The van der Waals surface area contributed by atoms with Crippen molar-refractivity contribution in [3.8, 4) is 0 Å². The highest BCUT2D eigenvalue weighted by Crippen LogP contribution is 2.23. The standard InChI is InChI=1S/C20H23N3O5S/c1-14-11-16(22-28-14)21-17(24)12-29-13-18(25)27-19(15-7-3-2-4-8-15)20(26)23-9-5-6-10-23/h2-4,7-8,11,19H,5-6,9-10,12-13H2,1H3,(H,21,22,24)/t19-/m1/s1. The normalized spacial score (nSPS) is 14.4. The van der Waals surface area contributed by atoms with Gasteiger partial charge in [0.25, 0.3) is 5.91 Å². The van der Waals surface area contributed by atoms with Gasteiger partial charge in [-0.1, -0.05) is 35.5 Å². The van der Waals surface area contributed by atoms with Crippen LogP contribution in [0.4, 0.5) is 5.82 Å². The molecule has 0 saturated carbocycles. The molecule has 0 aliphatic carbocycles. The minimum absolute atomic E-state index is 0.0398. The van der Waals surface area contributed by atoms with Crippen molar-refractivity contribution < 1.29 is 23.6 Å². The number of nitrogens with one attached hydrogen (secondary N) is 1. The Labute approximate surface area is 172 Å². The van der Waals surface area contributed by atoms with Crippen LogP contribution in [-0.4, -0.2) is 52.4 Å². The average molecular weight is 417 g/mol. The number of benzene rings is 1. The average Bonchev–Trinajstić information content (AvgIpc) is 3.38. The monoisotopic (exact) mass is 417 g/mol. The third kappa shape index (κ3) is 6.08. The van der Waals surface area contributed by atoms with E-state index in [-0.39, 0.29) is 23.3 Å². The fraction of sp³-hybridized carbons (Fsp3) is 0.400. The quantitative estimate of drug-likeness (QED) is 0.659. The number of carbonyl (C=O) groups excluding carboxylic acids is 3. The summed E-state index contributed by atoms with van der Waals surface area (Å²) in [5.74, 6) is -0.113. The van der Waals surface area contributed by atoms with Crippen molar-refractivity contribution in [2.75, 3.05) is 29.9 Å². The second kappa shape index (κ2) is 10.1. The van der Waals surface area contributed by atoms with Gasteiger partial charge in [-0.25, -0.2) is 0 Å². The van der Waals surface area contributed by atoms with E-state index in [2.05, 4.69) is 10.5 Å². The molecule has 2 heterocycles. The zero-order chi connectivity index (χ0) is 20.6. The molecule has 0 spiro atoms. The smallest absolute Gasteiger partial charge is 0.317 e. The maximum atomic E-state index is 12.8. The van der Waals surface area contributed by atoms with Gasteiger partial charge >= 0.3 is 5.97 Å². The number of esters is 1. The summed E-state index contributed by atoms with van der Waals surface area (Å²) in [4.78, 5) is 38.8. The lowest BCUT2D eigenvalue weighted by molar-refractivity contribution is -0.158. The van der Waals surface area contributed by atoms with Crippen LogP contribution >= 0.6 is 11.8 Å². The van der Waals surface area contributed by atoms with Gasteiger partial charge in [-0.2, -0.15) is 0 Å². The molecule has 9 heteroatoms. The van der Waals surface area contributed by atoms with Gasteiger partial charge in [0.15, 0.2) is 5.82 Å². The first-order valence-corrected chi connectivity index (χ1v) is 10.5. The molecular formula is C20H23N3O5S. The third-order valence-electron chi connectivity index (χ3n) is 4.34. The van der Waals surface area contributed by atoms with Gasteiger partial charge in [0, 0.05) is 24.7 Å². The number of thioether (sulfide) groups is 1. The molecule has 1 aliphatic heterocycles. The number of rotatable bonds is 8. The Morgan fingerprint density at radius 1 is 1.21 bits per heavy atom. The lowest BCUT2D eigenvalue weighted by Crippen LogP contribution is -2.35. The first-order valence-electron chi connectivity index (χ1n) is 9.37. The molecule has 2 amide bonds. The van der Waals surface area contributed by atoms with Gasteiger partial charge in [0.2, 0.25) is 12.0 Å². The van der Waals surface area contributed by atoms with Crippen LogP contribution in [0.2, 0.25) is 0 Å². The van der Waals surface area contributed by atoms with E-state index in [9.17, 15) is 14.4 Å². The molecule has 1 fully saturated rings. The molecule has 1 atom stereocenters. The molecule has 1 aromatic heterocycles. The molecule has 2 aromatic rings. The summed E-state index contributed by atoms with van der Waals surface area (Å²) in [6.45, 7) is 3.08. The molecule has 8 nitrogen and oxygen atoms in total. The molecule has 3 rings (SSSR count). The summed E-state index contributed by atoms with van der Waals surface area (Å²) in [6, 6.07) is 10.6. The van der Waals surface area contributed by atoms with E-state index in [1.165, 1.54) is 0 Å². The molecular weight excluding hydrogens is 394 g/mol. The van der Waals surface area contributed by atoms with Crippen molar-refractivity contribution in [2.24, 2.45) is 0 Å². The number of amides is 2. The largest absolute Gasteiger partial charge is 0.447 e. The Hall–Kier alpha value is -2.81. The van der Waals surface area contributed by atoms with E-state index in [0.717, 1.165) is 24.6 Å². The first-order chi connectivity index (χ1) is 14.0. The molecule has 1 aliphatic rings. The van der Waals surface area contributed by atoms with Crippen LogP contribution in [0.1, 0.15) is 30.3 Å². The van der Waals surface area contributed by atoms with Crippen LogP contribution in [0.5, 0.6) is 0 Å². The van der Waals surface area contributed by atoms with Crippen molar-refractivity contribution >= 4 is 35.4 Å². The van der Waals surface area contributed by atoms with E-state index in [1.807, 2.05) is 6.07 Å². The van der Waals surface area contributed by atoms with Gasteiger partial charge in [0.05, 0.1) is 11.5 Å². The molecule has 0 unspecified atom stereocenters. The molecule has 0 bridgehead atoms. The van der Waals surface area contributed by atoms with Gasteiger partial charge in [-0.15, -0.1) is 11.8 Å². The van der Waals surface area contributed by atoms with Crippen LogP contribution in [0.15, 0.2) is 40.9 Å². The number of aromatic nitrogens is 1. The van der Waals surface area contributed by atoms with Gasteiger partial charge in [0.1, 0.15) is 5.76 Å². The number of aryl methyl sites for hydroxylation is 1. The zero-order valence-electron chi connectivity index (χ0n) is 16.1. The second-order valence-electron chi connectivity index (χ2n) is 6.68. The van der Waals surface area contributed by atoms with Crippen molar-refractivity contribution in [1.29, 1.82) is 0 Å². The summed E-state index contributed by atoms with van der Waals surface area (Å²) >= 11 is 1.11. The lowest BCUT2D eigenvalue weighted by atomic mass is 10.1. The molecule has 29 heavy (non-hydrogen) atoms. The SMILES string of the molecule is Cc1cc(NC(=O)CSCC(=O)O[C@@H](C(=O)N2CCCC2)c2ccccc2)no1. The summed E-state index contributed by atoms with van der Waals surface area (Å²) in [5, 5.41) is 6.26. The van der Waals surface area contributed by atoms with Crippen molar-refractivity contribution in [2.45, 2.75) is 25.9 Å². The van der Waals surface area contributed by atoms with Crippen molar-refractivity contribution in [3.63, 3.8) is 0 Å². The highest BCUT2D eigenvalue weighted by atomic mass is 32.2.